The molecule has 0 aliphatic heterocycles. The quantitative estimate of drug-likeness (QED) is 0.690. The van der Waals surface area contributed by atoms with Crippen LogP contribution in [0.15, 0.2) is 24.3 Å². The molecule has 0 radical (unpaired) electrons. The number of methoxy groups -OCH3 is 2. The molecular formula is C11H16O2. The van der Waals surface area contributed by atoms with E-state index in [9.17, 15) is 0 Å². The third kappa shape index (κ3) is 3.17. The second-order valence-corrected chi connectivity index (χ2v) is 2.94. The summed E-state index contributed by atoms with van der Waals surface area (Å²) < 4.78 is 10.1. The summed E-state index contributed by atoms with van der Waals surface area (Å²) in [7, 11) is 3.44. The maximum Gasteiger partial charge on any atom is 0.0715 e. The summed E-state index contributed by atoms with van der Waals surface area (Å²) >= 11 is 0. The molecule has 2 nitrogen and oxygen atoms in total. The Bertz CT molecular complexity index is 246. The molecule has 0 N–H and O–H groups in total. The molecule has 0 aliphatic carbocycles. The Morgan fingerprint density at radius 3 is 2.31 bits per heavy atom. The Kier molecular flexibility index (Phi) is 4.50. The second kappa shape index (κ2) is 5.73. The third-order valence-corrected chi connectivity index (χ3v) is 1.99. The highest BCUT2D eigenvalue weighted by molar-refractivity contribution is 5.26. The molecule has 2 heteroatoms. The summed E-state index contributed by atoms with van der Waals surface area (Å²) in [6.45, 7) is 1.45. The lowest BCUT2D eigenvalue weighted by Crippen LogP contribution is -2.00. The summed E-state index contributed by atoms with van der Waals surface area (Å²) in [5.74, 6) is 0. The van der Waals surface area contributed by atoms with Crippen LogP contribution in [0.2, 0.25) is 0 Å². The van der Waals surface area contributed by atoms with Gasteiger partial charge in [0.2, 0.25) is 0 Å². The minimum atomic E-state index is 0.680. The fourth-order valence-corrected chi connectivity index (χ4v) is 1.31. The summed E-state index contributed by atoms with van der Waals surface area (Å²) in [5.41, 5.74) is 2.56. The van der Waals surface area contributed by atoms with Crippen LogP contribution in [-0.2, 0) is 22.5 Å². The minimum absolute atomic E-state index is 0.680. The van der Waals surface area contributed by atoms with Crippen LogP contribution < -0.4 is 0 Å². The van der Waals surface area contributed by atoms with Crippen LogP contribution in [0.25, 0.3) is 0 Å². The maximum atomic E-state index is 5.11. The standard InChI is InChI=1S/C11H16O2/c1-12-8-7-10-5-3-4-6-11(10)9-13-2/h3-6H,7-9H2,1-2H3. The predicted molar refractivity (Wildman–Crippen MR) is 52.7 cm³/mol. The molecule has 0 spiro atoms. The number of ether oxygens (including phenoxy) is 2. The fraction of sp³-hybridized carbons (Fsp3) is 0.455. The Hall–Kier alpha value is -0.860. The van der Waals surface area contributed by atoms with E-state index in [0.29, 0.717) is 6.61 Å². The molecular weight excluding hydrogens is 164 g/mol. The van der Waals surface area contributed by atoms with E-state index in [1.807, 2.05) is 12.1 Å². The smallest absolute Gasteiger partial charge is 0.0715 e. The summed E-state index contributed by atoms with van der Waals surface area (Å²) in [6, 6.07) is 8.29. The molecule has 1 rings (SSSR count). The first-order chi connectivity index (χ1) is 6.38. The van der Waals surface area contributed by atoms with Crippen molar-refractivity contribution >= 4 is 0 Å². The third-order valence-electron chi connectivity index (χ3n) is 1.99. The lowest BCUT2D eigenvalue weighted by atomic mass is 10.1. The van der Waals surface area contributed by atoms with Gasteiger partial charge in [-0.15, -0.1) is 0 Å². The Balaban J connectivity index is 2.66. The lowest BCUT2D eigenvalue weighted by Gasteiger charge is -2.07. The fourth-order valence-electron chi connectivity index (χ4n) is 1.31. The van der Waals surface area contributed by atoms with Crippen molar-refractivity contribution in [1.82, 2.24) is 0 Å². The van der Waals surface area contributed by atoms with Crippen molar-refractivity contribution in [3.05, 3.63) is 35.4 Å². The van der Waals surface area contributed by atoms with Crippen LogP contribution >= 0.6 is 0 Å². The van der Waals surface area contributed by atoms with Gasteiger partial charge in [0.25, 0.3) is 0 Å². The first kappa shape index (κ1) is 10.2. The van der Waals surface area contributed by atoms with Crippen LogP contribution in [0.3, 0.4) is 0 Å². The van der Waals surface area contributed by atoms with Crippen LogP contribution in [0.4, 0.5) is 0 Å². The molecule has 0 atom stereocenters. The van der Waals surface area contributed by atoms with Gasteiger partial charge in [-0.3, -0.25) is 0 Å². The molecule has 0 saturated carbocycles. The van der Waals surface area contributed by atoms with Crippen molar-refractivity contribution in [1.29, 1.82) is 0 Å². The Labute approximate surface area is 79.5 Å². The number of benzene rings is 1. The SMILES string of the molecule is COCCc1ccccc1COC. The second-order valence-electron chi connectivity index (χ2n) is 2.94. The highest BCUT2D eigenvalue weighted by atomic mass is 16.5. The van der Waals surface area contributed by atoms with Gasteiger partial charge in [-0.2, -0.15) is 0 Å². The van der Waals surface area contributed by atoms with E-state index < -0.39 is 0 Å². The van der Waals surface area contributed by atoms with Gasteiger partial charge >= 0.3 is 0 Å². The van der Waals surface area contributed by atoms with E-state index >= 15 is 0 Å². The Morgan fingerprint density at radius 1 is 1.00 bits per heavy atom. The highest BCUT2D eigenvalue weighted by Crippen LogP contribution is 2.10. The summed E-state index contributed by atoms with van der Waals surface area (Å²) in [6.07, 6.45) is 0.954. The van der Waals surface area contributed by atoms with Crippen LogP contribution in [-0.4, -0.2) is 20.8 Å². The molecule has 1 aromatic rings. The van der Waals surface area contributed by atoms with E-state index in [4.69, 9.17) is 9.47 Å². The molecule has 0 saturated heterocycles. The van der Waals surface area contributed by atoms with Crippen molar-refractivity contribution in [2.75, 3.05) is 20.8 Å². The average Bonchev–Trinajstić information content (AvgIpc) is 2.17. The van der Waals surface area contributed by atoms with Gasteiger partial charge in [0.1, 0.15) is 0 Å². The van der Waals surface area contributed by atoms with Gasteiger partial charge in [0, 0.05) is 14.2 Å². The van der Waals surface area contributed by atoms with E-state index in [-0.39, 0.29) is 0 Å². The first-order valence-corrected chi connectivity index (χ1v) is 4.43. The van der Waals surface area contributed by atoms with E-state index in [1.54, 1.807) is 14.2 Å². The van der Waals surface area contributed by atoms with Gasteiger partial charge in [0.05, 0.1) is 13.2 Å². The number of hydrogen-bond donors (Lipinski definition) is 0. The molecule has 0 fully saturated rings. The molecule has 0 bridgehead atoms. The van der Waals surface area contributed by atoms with E-state index in [1.165, 1.54) is 11.1 Å². The van der Waals surface area contributed by atoms with Crippen LogP contribution in [0.5, 0.6) is 0 Å². The number of hydrogen-bond acceptors (Lipinski definition) is 2. The van der Waals surface area contributed by atoms with Gasteiger partial charge in [-0.25, -0.2) is 0 Å². The largest absolute Gasteiger partial charge is 0.384 e. The normalized spacial score (nSPS) is 10.3. The van der Waals surface area contributed by atoms with Crippen LogP contribution in [0.1, 0.15) is 11.1 Å². The minimum Gasteiger partial charge on any atom is -0.384 e. The van der Waals surface area contributed by atoms with Gasteiger partial charge < -0.3 is 9.47 Å². The van der Waals surface area contributed by atoms with Gasteiger partial charge in [0.15, 0.2) is 0 Å². The van der Waals surface area contributed by atoms with Crippen molar-refractivity contribution in [2.45, 2.75) is 13.0 Å². The van der Waals surface area contributed by atoms with Gasteiger partial charge in [-0.1, -0.05) is 24.3 Å². The maximum absolute atomic E-state index is 5.11. The molecule has 72 valence electrons. The zero-order chi connectivity index (χ0) is 9.52. The van der Waals surface area contributed by atoms with E-state index in [2.05, 4.69) is 12.1 Å². The predicted octanol–water partition coefficient (Wildman–Crippen LogP) is 2.02. The molecule has 13 heavy (non-hydrogen) atoms. The molecule has 0 unspecified atom stereocenters. The number of rotatable bonds is 5. The highest BCUT2D eigenvalue weighted by Gasteiger charge is 1.99. The van der Waals surface area contributed by atoms with Crippen molar-refractivity contribution in [2.24, 2.45) is 0 Å². The van der Waals surface area contributed by atoms with E-state index in [0.717, 1.165) is 13.0 Å². The zero-order valence-electron chi connectivity index (χ0n) is 8.25. The molecule has 0 heterocycles. The van der Waals surface area contributed by atoms with Crippen molar-refractivity contribution < 1.29 is 9.47 Å². The average molecular weight is 180 g/mol. The molecule has 0 aliphatic rings. The van der Waals surface area contributed by atoms with Crippen molar-refractivity contribution in [3.8, 4) is 0 Å². The molecule has 0 aromatic heterocycles. The van der Waals surface area contributed by atoms with Gasteiger partial charge in [-0.05, 0) is 17.5 Å². The molecule has 0 amide bonds. The Morgan fingerprint density at radius 2 is 1.69 bits per heavy atom. The monoisotopic (exact) mass is 180 g/mol. The first-order valence-electron chi connectivity index (χ1n) is 4.43. The summed E-state index contributed by atoms with van der Waals surface area (Å²) in [5, 5.41) is 0. The summed E-state index contributed by atoms with van der Waals surface area (Å²) in [4.78, 5) is 0. The zero-order valence-corrected chi connectivity index (χ0v) is 8.25. The van der Waals surface area contributed by atoms with Crippen LogP contribution in [0, 0.1) is 0 Å². The van der Waals surface area contributed by atoms with Crippen molar-refractivity contribution in [3.63, 3.8) is 0 Å². The molecule has 1 aromatic carbocycles. The topological polar surface area (TPSA) is 18.5 Å². The lowest BCUT2D eigenvalue weighted by molar-refractivity contribution is 0.181.